The fraction of sp³-hybridized carbons (Fsp3) is 0.615. The van der Waals surface area contributed by atoms with Crippen LogP contribution in [0.3, 0.4) is 0 Å². The maximum atomic E-state index is 10.6. The second-order valence-electron chi connectivity index (χ2n) is 4.70. The van der Waals surface area contributed by atoms with Crippen molar-refractivity contribution >= 4 is 11.7 Å². The first kappa shape index (κ1) is 12.8. The monoisotopic (exact) mass is 248 g/mol. The van der Waals surface area contributed by atoms with Crippen LogP contribution >= 0.6 is 0 Å². The first-order chi connectivity index (χ1) is 8.77. The van der Waals surface area contributed by atoms with Gasteiger partial charge in [0.2, 0.25) is 5.91 Å². The molecule has 98 valence electrons. The number of rotatable bonds is 6. The van der Waals surface area contributed by atoms with E-state index >= 15 is 0 Å². The Morgan fingerprint density at radius 3 is 2.94 bits per heavy atom. The normalized spacial score (nSPS) is 14.0. The van der Waals surface area contributed by atoms with E-state index in [-0.39, 0.29) is 5.91 Å². The Morgan fingerprint density at radius 1 is 1.28 bits per heavy atom. The fourth-order valence-corrected chi connectivity index (χ4v) is 2.30. The minimum Gasteiger partial charge on any atom is -0.370 e. The smallest absolute Gasteiger partial charge is 0.217 e. The number of nitrogens with two attached hydrogens (primary N) is 1. The SMILES string of the molecule is NC(=O)CCCCNc1ncnc2c1CCCC2. The van der Waals surface area contributed by atoms with Gasteiger partial charge in [0.15, 0.2) is 0 Å². The number of fused-ring (bicyclic) bond motifs is 1. The van der Waals surface area contributed by atoms with Crippen LogP contribution in [0.15, 0.2) is 6.33 Å². The van der Waals surface area contributed by atoms with E-state index in [4.69, 9.17) is 5.73 Å². The van der Waals surface area contributed by atoms with Gasteiger partial charge in [-0.2, -0.15) is 0 Å². The molecule has 18 heavy (non-hydrogen) atoms. The van der Waals surface area contributed by atoms with Gasteiger partial charge < -0.3 is 11.1 Å². The molecule has 0 unspecified atom stereocenters. The van der Waals surface area contributed by atoms with Crippen LogP contribution in [-0.4, -0.2) is 22.4 Å². The van der Waals surface area contributed by atoms with Gasteiger partial charge in [-0.15, -0.1) is 0 Å². The van der Waals surface area contributed by atoms with Crippen LogP contribution in [0, 0.1) is 0 Å². The number of amides is 1. The van der Waals surface area contributed by atoms with Gasteiger partial charge in [0.05, 0.1) is 0 Å². The van der Waals surface area contributed by atoms with Crippen molar-refractivity contribution in [3.05, 3.63) is 17.6 Å². The van der Waals surface area contributed by atoms with E-state index in [1.807, 2.05) is 0 Å². The molecule has 5 heteroatoms. The highest BCUT2D eigenvalue weighted by molar-refractivity contribution is 5.73. The van der Waals surface area contributed by atoms with Crippen molar-refractivity contribution in [3.8, 4) is 0 Å². The van der Waals surface area contributed by atoms with Crippen molar-refractivity contribution in [1.29, 1.82) is 0 Å². The van der Waals surface area contributed by atoms with Gasteiger partial charge in [0, 0.05) is 24.2 Å². The van der Waals surface area contributed by atoms with Gasteiger partial charge in [-0.25, -0.2) is 9.97 Å². The molecule has 1 amide bonds. The summed E-state index contributed by atoms with van der Waals surface area (Å²) >= 11 is 0. The van der Waals surface area contributed by atoms with Crippen molar-refractivity contribution in [2.24, 2.45) is 5.73 Å². The van der Waals surface area contributed by atoms with Crippen molar-refractivity contribution < 1.29 is 4.79 Å². The lowest BCUT2D eigenvalue weighted by molar-refractivity contribution is -0.118. The third-order valence-electron chi connectivity index (χ3n) is 3.27. The predicted octanol–water partition coefficient (Wildman–Crippen LogP) is 1.42. The largest absolute Gasteiger partial charge is 0.370 e. The summed E-state index contributed by atoms with van der Waals surface area (Å²) in [6.07, 6.45) is 8.43. The molecule has 0 saturated carbocycles. The minimum atomic E-state index is -0.227. The third kappa shape index (κ3) is 3.42. The van der Waals surface area contributed by atoms with E-state index in [9.17, 15) is 4.79 Å². The highest BCUT2D eigenvalue weighted by Crippen LogP contribution is 2.24. The number of nitrogens with one attached hydrogen (secondary N) is 1. The lowest BCUT2D eigenvalue weighted by Crippen LogP contribution is -2.14. The number of aromatic nitrogens is 2. The van der Waals surface area contributed by atoms with Crippen LogP contribution in [-0.2, 0) is 17.6 Å². The van der Waals surface area contributed by atoms with Crippen LogP contribution in [0.25, 0.3) is 0 Å². The number of carbonyl (C=O) groups is 1. The summed E-state index contributed by atoms with van der Waals surface area (Å²) < 4.78 is 0. The lowest BCUT2D eigenvalue weighted by Gasteiger charge is -2.17. The topological polar surface area (TPSA) is 80.9 Å². The van der Waals surface area contributed by atoms with Gasteiger partial charge in [-0.1, -0.05) is 0 Å². The summed E-state index contributed by atoms with van der Waals surface area (Å²) in [6.45, 7) is 0.830. The lowest BCUT2D eigenvalue weighted by atomic mass is 9.96. The molecule has 1 aliphatic carbocycles. The van der Waals surface area contributed by atoms with Gasteiger partial charge in [-0.05, 0) is 38.5 Å². The van der Waals surface area contributed by atoms with Crippen LogP contribution in [0.2, 0.25) is 0 Å². The number of aryl methyl sites for hydroxylation is 1. The maximum absolute atomic E-state index is 10.6. The standard InChI is InChI=1S/C13H20N4O/c14-12(18)7-3-4-8-15-13-10-5-1-2-6-11(10)16-9-17-13/h9H,1-8H2,(H2,14,18)(H,15,16,17). The molecule has 5 nitrogen and oxygen atoms in total. The maximum Gasteiger partial charge on any atom is 0.217 e. The molecule has 0 bridgehead atoms. The number of primary amides is 1. The molecule has 3 N–H and O–H groups in total. The van der Waals surface area contributed by atoms with Gasteiger partial charge in [-0.3, -0.25) is 4.79 Å². The summed E-state index contributed by atoms with van der Waals surface area (Å²) in [4.78, 5) is 19.3. The number of anilines is 1. The molecule has 0 aromatic carbocycles. The number of nitrogens with zero attached hydrogens (tertiary/aromatic N) is 2. The average molecular weight is 248 g/mol. The predicted molar refractivity (Wildman–Crippen MR) is 70.2 cm³/mol. The van der Waals surface area contributed by atoms with E-state index in [1.165, 1.54) is 24.1 Å². The molecule has 1 heterocycles. The number of carbonyl (C=O) groups excluding carboxylic acids is 1. The second kappa shape index (κ2) is 6.33. The van der Waals surface area contributed by atoms with Crippen LogP contribution in [0.1, 0.15) is 43.4 Å². The molecule has 2 rings (SSSR count). The van der Waals surface area contributed by atoms with Crippen molar-refractivity contribution in [2.75, 3.05) is 11.9 Å². The molecule has 1 aliphatic rings. The minimum absolute atomic E-state index is 0.227. The first-order valence-electron chi connectivity index (χ1n) is 6.62. The highest BCUT2D eigenvalue weighted by atomic mass is 16.1. The van der Waals surface area contributed by atoms with Gasteiger partial charge >= 0.3 is 0 Å². The Balaban J connectivity index is 1.84. The first-order valence-corrected chi connectivity index (χ1v) is 6.62. The Labute approximate surface area is 107 Å². The highest BCUT2D eigenvalue weighted by Gasteiger charge is 2.14. The van der Waals surface area contributed by atoms with Crippen molar-refractivity contribution in [2.45, 2.75) is 44.9 Å². The van der Waals surface area contributed by atoms with E-state index in [0.29, 0.717) is 6.42 Å². The van der Waals surface area contributed by atoms with E-state index < -0.39 is 0 Å². The number of hydrogen-bond acceptors (Lipinski definition) is 4. The van der Waals surface area contributed by atoms with E-state index in [0.717, 1.165) is 38.0 Å². The molecule has 0 saturated heterocycles. The van der Waals surface area contributed by atoms with Crippen LogP contribution in [0.5, 0.6) is 0 Å². The summed E-state index contributed by atoms with van der Waals surface area (Å²) in [5.74, 6) is 0.744. The summed E-state index contributed by atoms with van der Waals surface area (Å²) in [5, 5.41) is 3.34. The number of unbranched alkanes of at least 4 members (excludes halogenated alkanes) is 1. The molecule has 1 aromatic heterocycles. The molecule has 0 atom stereocenters. The second-order valence-corrected chi connectivity index (χ2v) is 4.70. The van der Waals surface area contributed by atoms with Crippen molar-refractivity contribution in [3.63, 3.8) is 0 Å². The fourth-order valence-electron chi connectivity index (χ4n) is 2.30. The Bertz CT molecular complexity index is 419. The zero-order valence-electron chi connectivity index (χ0n) is 10.6. The zero-order valence-corrected chi connectivity index (χ0v) is 10.6. The zero-order chi connectivity index (χ0) is 12.8. The summed E-state index contributed by atoms with van der Waals surface area (Å²) in [7, 11) is 0. The molecular formula is C13H20N4O. The van der Waals surface area contributed by atoms with E-state index in [2.05, 4.69) is 15.3 Å². The Kier molecular flexibility index (Phi) is 4.50. The van der Waals surface area contributed by atoms with E-state index in [1.54, 1.807) is 6.33 Å². The summed E-state index contributed by atoms with van der Waals surface area (Å²) in [6, 6.07) is 0. The van der Waals surface area contributed by atoms with Crippen LogP contribution in [0.4, 0.5) is 5.82 Å². The average Bonchev–Trinajstić information content (AvgIpc) is 2.38. The molecule has 0 fully saturated rings. The van der Waals surface area contributed by atoms with Gasteiger partial charge in [0.25, 0.3) is 0 Å². The quantitative estimate of drug-likeness (QED) is 0.746. The Morgan fingerprint density at radius 2 is 2.11 bits per heavy atom. The van der Waals surface area contributed by atoms with Gasteiger partial charge in [0.1, 0.15) is 12.1 Å². The molecule has 0 spiro atoms. The molecule has 1 aromatic rings. The van der Waals surface area contributed by atoms with Crippen LogP contribution < -0.4 is 11.1 Å². The molecular weight excluding hydrogens is 228 g/mol. The number of hydrogen-bond donors (Lipinski definition) is 2. The summed E-state index contributed by atoms with van der Waals surface area (Å²) in [5.41, 5.74) is 7.56. The van der Waals surface area contributed by atoms with Crippen molar-refractivity contribution in [1.82, 2.24) is 9.97 Å². The molecule has 0 radical (unpaired) electrons. The third-order valence-corrected chi connectivity index (χ3v) is 3.27. The molecule has 0 aliphatic heterocycles. The Hall–Kier alpha value is -1.65.